The molecule has 0 amide bonds. The zero-order valence-corrected chi connectivity index (χ0v) is 22.4. The first-order valence-electron chi connectivity index (χ1n) is 13.0. The number of allylic oxidation sites excluding steroid dienone is 8. The second-order valence-corrected chi connectivity index (χ2v) is 11.2. The van der Waals surface area contributed by atoms with Crippen LogP contribution in [0, 0.1) is 0 Å². The van der Waals surface area contributed by atoms with Gasteiger partial charge < -0.3 is 4.90 Å². The van der Waals surface area contributed by atoms with Gasteiger partial charge in [0.05, 0.1) is 5.41 Å². The normalized spacial score (nSPS) is 22.8. The van der Waals surface area contributed by atoms with E-state index < -0.39 is 0 Å². The van der Waals surface area contributed by atoms with Crippen LogP contribution in [-0.2, 0) is 10.8 Å². The largest absolute Gasteiger partial charge is 0.344 e. The maximum absolute atomic E-state index is 2.48. The molecule has 0 atom stereocenters. The number of anilines is 1. The molecule has 0 N–H and O–H groups in total. The maximum Gasteiger partial charge on any atom is 0.209 e. The van der Waals surface area contributed by atoms with Crippen LogP contribution in [-0.4, -0.2) is 23.9 Å². The molecule has 0 radical (unpaired) electrons. The van der Waals surface area contributed by atoms with Crippen molar-refractivity contribution in [3.63, 3.8) is 0 Å². The molecule has 2 heterocycles. The van der Waals surface area contributed by atoms with Gasteiger partial charge in [-0.1, -0.05) is 62.4 Å². The Kier molecular flexibility index (Phi) is 5.74. The van der Waals surface area contributed by atoms with Gasteiger partial charge in [-0.25, -0.2) is 0 Å². The van der Waals surface area contributed by atoms with Crippen molar-refractivity contribution in [2.24, 2.45) is 0 Å². The van der Waals surface area contributed by atoms with Gasteiger partial charge >= 0.3 is 0 Å². The zero-order valence-electron chi connectivity index (χ0n) is 22.4. The summed E-state index contributed by atoms with van der Waals surface area (Å²) < 4.78 is 2.36. The van der Waals surface area contributed by atoms with Gasteiger partial charge in [-0.05, 0) is 75.0 Å². The Hall–Kier alpha value is -3.13. The van der Waals surface area contributed by atoms with Crippen LogP contribution >= 0.6 is 0 Å². The standard InChI is InChI=1S/C33H39N2/c1-8-35-29-16-12-10-14-27(29)33(5,6)31(35)22-20-25-18-17-24(23(25)2)19-21-30-32(3,4)26-13-9-11-15-28(26)34(30)7/h9-16,19-22H,8,17-18H2,1-7H3/q+1. The van der Waals surface area contributed by atoms with Crippen LogP contribution in [0.2, 0.25) is 0 Å². The predicted molar refractivity (Wildman–Crippen MR) is 150 cm³/mol. The number of fused-ring (bicyclic) bond motifs is 2. The molecular formula is C33H39N2+. The van der Waals surface area contributed by atoms with E-state index in [2.05, 4.69) is 131 Å². The summed E-state index contributed by atoms with van der Waals surface area (Å²) in [6.07, 6.45) is 11.7. The van der Waals surface area contributed by atoms with Gasteiger partial charge in [-0.2, -0.15) is 4.58 Å². The molecule has 0 saturated heterocycles. The summed E-state index contributed by atoms with van der Waals surface area (Å²) in [7, 11) is 2.20. The minimum atomic E-state index is 0.0185. The second-order valence-electron chi connectivity index (χ2n) is 11.2. The lowest BCUT2D eigenvalue weighted by molar-refractivity contribution is -0.401. The van der Waals surface area contributed by atoms with E-state index in [1.54, 1.807) is 0 Å². The van der Waals surface area contributed by atoms with Crippen molar-refractivity contribution >= 4 is 17.1 Å². The second kappa shape index (κ2) is 8.52. The fourth-order valence-corrected chi connectivity index (χ4v) is 6.41. The highest BCUT2D eigenvalue weighted by atomic mass is 15.2. The van der Waals surface area contributed by atoms with Crippen LogP contribution in [0.25, 0.3) is 0 Å². The molecule has 2 aromatic rings. The molecule has 2 aliphatic heterocycles. The van der Waals surface area contributed by atoms with E-state index in [1.165, 1.54) is 50.6 Å². The van der Waals surface area contributed by atoms with Crippen molar-refractivity contribution in [1.82, 2.24) is 0 Å². The molecule has 180 valence electrons. The lowest BCUT2D eigenvalue weighted by atomic mass is 9.81. The number of rotatable bonds is 4. The van der Waals surface area contributed by atoms with Crippen LogP contribution in [0.15, 0.2) is 95.3 Å². The summed E-state index contributed by atoms with van der Waals surface area (Å²) in [5, 5.41) is 0. The van der Waals surface area contributed by atoms with Crippen LogP contribution < -0.4 is 4.90 Å². The third-order valence-corrected chi connectivity index (χ3v) is 8.57. The van der Waals surface area contributed by atoms with Gasteiger partial charge in [-0.15, -0.1) is 0 Å². The smallest absolute Gasteiger partial charge is 0.209 e. The van der Waals surface area contributed by atoms with E-state index >= 15 is 0 Å². The third-order valence-electron chi connectivity index (χ3n) is 8.57. The number of hydrogen-bond acceptors (Lipinski definition) is 1. The summed E-state index contributed by atoms with van der Waals surface area (Å²) in [5.74, 6) is 0. The molecule has 3 aliphatic rings. The predicted octanol–water partition coefficient (Wildman–Crippen LogP) is 7.99. The molecule has 0 spiro atoms. The molecule has 0 unspecified atom stereocenters. The average molecular weight is 464 g/mol. The highest BCUT2D eigenvalue weighted by Crippen LogP contribution is 2.47. The van der Waals surface area contributed by atoms with E-state index in [9.17, 15) is 0 Å². The molecule has 5 rings (SSSR count). The van der Waals surface area contributed by atoms with Crippen molar-refractivity contribution in [1.29, 1.82) is 0 Å². The fraction of sp³-hybridized carbons (Fsp3) is 0.364. The first-order chi connectivity index (χ1) is 16.7. The molecule has 0 aromatic heterocycles. The molecule has 2 heteroatoms. The van der Waals surface area contributed by atoms with Crippen LogP contribution in [0.4, 0.5) is 11.4 Å². The third kappa shape index (κ3) is 3.66. The Morgan fingerprint density at radius 2 is 1.54 bits per heavy atom. The number of para-hydroxylation sites is 2. The molecule has 0 bridgehead atoms. The fourth-order valence-electron chi connectivity index (χ4n) is 6.41. The lowest BCUT2D eigenvalue weighted by Crippen LogP contribution is -2.26. The van der Waals surface area contributed by atoms with Crippen LogP contribution in [0.5, 0.6) is 0 Å². The van der Waals surface area contributed by atoms with E-state index in [0.29, 0.717) is 0 Å². The monoisotopic (exact) mass is 463 g/mol. The van der Waals surface area contributed by atoms with E-state index in [-0.39, 0.29) is 10.8 Å². The first-order valence-corrected chi connectivity index (χ1v) is 13.0. The van der Waals surface area contributed by atoms with Crippen molar-refractivity contribution < 1.29 is 4.58 Å². The quantitative estimate of drug-likeness (QED) is 0.417. The zero-order chi connectivity index (χ0) is 25.0. The number of benzene rings is 2. The Labute approximate surface area is 211 Å². The topological polar surface area (TPSA) is 6.25 Å². The average Bonchev–Trinajstić information content (AvgIpc) is 3.37. The van der Waals surface area contributed by atoms with Gasteiger partial charge in [-0.3, -0.25) is 0 Å². The molecular weight excluding hydrogens is 424 g/mol. The highest BCUT2D eigenvalue weighted by molar-refractivity contribution is 6.03. The van der Waals surface area contributed by atoms with Gasteiger partial charge in [0.25, 0.3) is 0 Å². The number of hydrogen-bond donors (Lipinski definition) is 0. The summed E-state index contributed by atoms with van der Waals surface area (Å²) in [5.41, 5.74) is 12.7. The van der Waals surface area contributed by atoms with Gasteiger partial charge in [0, 0.05) is 41.1 Å². The molecule has 0 saturated carbocycles. The van der Waals surface area contributed by atoms with Crippen molar-refractivity contribution in [3.05, 3.63) is 106 Å². The van der Waals surface area contributed by atoms with Gasteiger partial charge in [0.2, 0.25) is 5.69 Å². The van der Waals surface area contributed by atoms with E-state index in [4.69, 9.17) is 0 Å². The van der Waals surface area contributed by atoms with Crippen LogP contribution in [0.3, 0.4) is 0 Å². The van der Waals surface area contributed by atoms with E-state index in [1.807, 2.05) is 0 Å². The Morgan fingerprint density at radius 3 is 2.26 bits per heavy atom. The van der Waals surface area contributed by atoms with Gasteiger partial charge in [0.1, 0.15) is 7.05 Å². The Bertz CT molecular complexity index is 1340. The molecule has 2 aromatic carbocycles. The molecule has 35 heavy (non-hydrogen) atoms. The minimum Gasteiger partial charge on any atom is -0.344 e. The van der Waals surface area contributed by atoms with Crippen molar-refractivity contribution in [2.45, 2.75) is 65.2 Å². The molecule has 2 nitrogen and oxygen atoms in total. The highest BCUT2D eigenvalue weighted by Gasteiger charge is 2.42. The Balaban J connectivity index is 1.44. The SMILES string of the molecule is CCN1C(=CC=C2CCC(C=CC3=[N+](C)c4ccccc4C3(C)C)=C2C)C(C)(C)c2ccccc21. The van der Waals surface area contributed by atoms with Crippen molar-refractivity contribution in [2.75, 3.05) is 18.5 Å². The van der Waals surface area contributed by atoms with Gasteiger partial charge in [0.15, 0.2) is 5.71 Å². The van der Waals surface area contributed by atoms with E-state index in [0.717, 1.165) is 19.4 Å². The first kappa shape index (κ1) is 23.6. The molecule has 0 fully saturated rings. The number of likely N-dealkylation sites (N-methyl/N-ethyl adjacent to an activating group) is 1. The van der Waals surface area contributed by atoms with Crippen LogP contribution in [0.1, 0.15) is 65.5 Å². The summed E-state index contributed by atoms with van der Waals surface area (Å²) in [6.45, 7) is 14.9. The minimum absolute atomic E-state index is 0.0185. The molecule has 1 aliphatic carbocycles. The van der Waals surface area contributed by atoms with Crippen molar-refractivity contribution in [3.8, 4) is 0 Å². The summed E-state index contributed by atoms with van der Waals surface area (Å²) in [6, 6.07) is 17.6. The Morgan fingerprint density at radius 1 is 0.857 bits per heavy atom. The maximum atomic E-state index is 2.48. The lowest BCUT2D eigenvalue weighted by Gasteiger charge is -2.26. The number of nitrogens with zero attached hydrogens (tertiary/aromatic N) is 2. The summed E-state index contributed by atoms with van der Waals surface area (Å²) in [4.78, 5) is 2.48. The summed E-state index contributed by atoms with van der Waals surface area (Å²) >= 11 is 0.